The number of methoxy groups -OCH3 is 1. The maximum atomic E-state index is 13.8. The molecule has 2 heterocycles. The predicted octanol–water partition coefficient (Wildman–Crippen LogP) is 1.84. The van der Waals surface area contributed by atoms with E-state index in [1.54, 1.807) is 6.92 Å². The molecular weight excluding hydrogens is 457 g/mol. The first-order chi connectivity index (χ1) is 14.6. The van der Waals surface area contributed by atoms with Gasteiger partial charge in [0.15, 0.2) is 5.65 Å². The maximum absolute atomic E-state index is 13.8. The summed E-state index contributed by atoms with van der Waals surface area (Å²) in [5.41, 5.74) is -0.942. The summed E-state index contributed by atoms with van der Waals surface area (Å²) in [4.78, 5) is 31.8. The van der Waals surface area contributed by atoms with Gasteiger partial charge < -0.3 is 9.47 Å². The molecule has 0 aliphatic heterocycles. The molecule has 0 atom stereocenters. The van der Waals surface area contributed by atoms with Crippen LogP contribution in [0.1, 0.15) is 24.2 Å². The Hall–Kier alpha value is -3.32. The number of benzene rings is 1. The van der Waals surface area contributed by atoms with Gasteiger partial charge in [-0.2, -0.15) is 31.6 Å². The minimum atomic E-state index is -4.80. The van der Waals surface area contributed by atoms with Crippen molar-refractivity contribution in [3.05, 3.63) is 40.8 Å². The molecule has 0 spiro atoms. The molecule has 0 aliphatic rings. The number of esters is 1. The zero-order chi connectivity index (χ0) is 22.9. The first-order valence-corrected chi connectivity index (χ1v) is 10.4. The molecule has 3 aromatic rings. The molecule has 0 fully saturated rings. The lowest BCUT2D eigenvalue weighted by atomic mass is 10.1. The highest BCUT2D eigenvalue weighted by atomic mass is 35.5. The highest BCUT2D eigenvalue weighted by Crippen LogP contribution is 2.34. The standard InChI is InChI=1S/C17H15ClFN5O6S/c1-4-30-17-20-12(19)8-13-21-16(22-23(13)17)31(27,28)24(9(2)25)14-10(15(26)29-3)6-5-7-11(14)18/h5-8H,4H2,1-3H3. The van der Waals surface area contributed by atoms with E-state index in [1.165, 1.54) is 18.2 Å². The zero-order valence-electron chi connectivity index (χ0n) is 16.4. The molecule has 31 heavy (non-hydrogen) atoms. The van der Waals surface area contributed by atoms with Crippen LogP contribution in [-0.2, 0) is 19.6 Å². The van der Waals surface area contributed by atoms with E-state index < -0.39 is 38.7 Å². The number of nitrogens with zero attached hydrogens (tertiary/aromatic N) is 5. The van der Waals surface area contributed by atoms with Gasteiger partial charge in [-0.05, 0) is 19.1 Å². The summed E-state index contributed by atoms with van der Waals surface area (Å²) < 4.78 is 51.3. The van der Waals surface area contributed by atoms with Crippen molar-refractivity contribution < 1.29 is 31.9 Å². The average molecular weight is 472 g/mol. The Labute approximate surface area is 180 Å². The first-order valence-electron chi connectivity index (χ1n) is 8.60. The third kappa shape index (κ3) is 4.01. The highest BCUT2D eigenvalue weighted by Gasteiger charge is 2.37. The summed E-state index contributed by atoms with van der Waals surface area (Å²) in [6.45, 7) is 2.65. The predicted molar refractivity (Wildman–Crippen MR) is 105 cm³/mol. The van der Waals surface area contributed by atoms with Crippen molar-refractivity contribution >= 4 is 44.8 Å². The van der Waals surface area contributed by atoms with E-state index in [1.807, 2.05) is 0 Å². The van der Waals surface area contributed by atoms with Crippen LogP contribution in [0.5, 0.6) is 6.01 Å². The molecule has 0 aliphatic carbocycles. The van der Waals surface area contributed by atoms with E-state index in [4.69, 9.17) is 16.3 Å². The second-order valence-electron chi connectivity index (χ2n) is 5.87. The Bertz CT molecular complexity index is 1300. The molecule has 1 amide bonds. The number of halogens is 2. The van der Waals surface area contributed by atoms with Crippen LogP contribution in [0, 0.1) is 5.95 Å². The molecule has 3 rings (SSSR count). The van der Waals surface area contributed by atoms with Crippen molar-refractivity contribution in [2.45, 2.75) is 19.0 Å². The van der Waals surface area contributed by atoms with Crippen molar-refractivity contribution in [2.24, 2.45) is 0 Å². The Kier molecular flexibility index (Phi) is 6.08. The lowest BCUT2D eigenvalue weighted by molar-refractivity contribution is -0.115. The SMILES string of the molecule is CCOc1nc(F)cc2nc(S(=O)(=O)N(C(C)=O)c3c(Cl)cccc3C(=O)OC)nn12. The fraction of sp³-hybridized carbons (Fsp3) is 0.235. The topological polar surface area (TPSA) is 133 Å². The molecule has 1 aromatic carbocycles. The molecule has 0 saturated carbocycles. The largest absolute Gasteiger partial charge is 0.465 e. The fourth-order valence-electron chi connectivity index (χ4n) is 2.67. The first kappa shape index (κ1) is 22.4. The molecule has 0 unspecified atom stereocenters. The molecule has 0 N–H and O–H groups in total. The molecule has 2 aromatic heterocycles. The summed E-state index contributed by atoms with van der Waals surface area (Å²) >= 11 is 6.14. The Morgan fingerprint density at radius 3 is 2.61 bits per heavy atom. The van der Waals surface area contributed by atoms with Gasteiger partial charge in [0.1, 0.15) is 0 Å². The summed E-state index contributed by atoms with van der Waals surface area (Å²) in [5.74, 6) is -2.91. The van der Waals surface area contributed by atoms with Crippen molar-refractivity contribution in [2.75, 3.05) is 18.0 Å². The van der Waals surface area contributed by atoms with Crippen molar-refractivity contribution in [1.82, 2.24) is 19.6 Å². The average Bonchev–Trinajstić information content (AvgIpc) is 3.13. The summed E-state index contributed by atoms with van der Waals surface area (Å²) in [6, 6.07) is 4.41. The number of aromatic nitrogens is 4. The van der Waals surface area contributed by atoms with Crippen LogP contribution in [-0.4, -0.2) is 53.6 Å². The van der Waals surface area contributed by atoms with Gasteiger partial charge in [0, 0.05) is 13.0 Å². The van der Waals surface area contributed by atoms with Crippen LogP contribution in [0.25, 0.3) is 5.65 Å². The highest BCUT2D eigenvalue weighted by molar-refractivity contribution is 7.93. The van der Waals surface area contributed by atoms with Gasteiger partial charge in [0.2, 0.25) is 11.9 Å². The monoisotopic (exact) mass is 471 g/mol. The van der Waals surface area contributed by atoms with E-state index in [9.17, 15) is 22.4 Å². The van der Waals surface area contributed by atoms with Crippen LogP contribution in [0.2, 0.25) is 5.02 Å². The van der Waals surface area contributed by atoms with Gasteiger partial charge in [-0.15, -0.1) is 5.10 Å². The van der Waals surface area contributed by atoms with Gasteiger partial charge in [0.25, 0.3) is 5.16 Å². The van der Waals surface area contributed by atoms with Crippen LogP contribution in [0.15, 0.2) is 29.4 Å². The quantitative estimate of drug-likeness (QED) is 0.390. The van der Waals surface area contributed by atoms with Crippen LogP contribution in [0.3, 0.4) is 0 Å². The zero-order valence-corrected chi connectivity index (χ0v) is 17.9. The number of para-hydroxylation sites is 1. The van der Waals surface area contributed by atoms with Crippen molar-refractivity contribution in [1.29, 1.82) is 0 Å². The number of hydrogen-bond acceptors (Lipinski definition) is 9. The fourth-order valence-corrected chi connectivity index (χ4v) is 4.31. The number of anilines is 1. The minimum absolute atomic E-state index is 0.0924. The number of sulfonamides is 1. The Morgan fingerprint density at radius 2 is 2.00 bits per heavy atom. The molecule has 11 nitrogen and oxygen atoms in total. The number of rotatable bonds is 6. The van der Waals surface area contributed by atoms with Gasteiger partial charge in [-0.25, -0.2) is 4.79 Å². The normalized spacial score (nSPS) is 11.4. The van der Waals surface area contributed by atoms with Gasteiger partial charge >= 0.3 is 22.0 Å². The minimum Gasteiger partial charge on any atom is -0.465 e. The lowest BCUT2D eigenvalue weighted by Gasteiger charge is -2.22. The number of carbonyl (C=O) groups is 2. The summed E-state index contributed by atoms with van der Waals surface area (Å²) in [5, 5.41) is 2.72. The summed E-state index contributed by atoms with van der Waals surface area (Å²) in [7, 11) is -3.72. The Balaban J connectivity index is 2.26. The molecule has 0 bridgehead atoms. The number of hydrogen-bond donors (Lipinski definition) is 0. The lowest BCUT2D eigenvalue weighted by Crippen LogP contribution is -2.37. The number of fused-ring (bicyclic) bond motifs is 1. The Morgan fingerprint density at radius 1 is 1.29 bits per heavy atom. The number of amides is 1. The maximum Gasteiger partial charge on any atom is 0.340 e. The second-order valence-corrected chi connectivity index (χ2v) is 7.96. The number of carbonyl (C=O) groups excluding carboxylic acids is 2. The molecule has 0 radical (unpaired) electrons. The van der Waals surface area contributed by atoms with E-state index in [2.05, 4.69) is 19.8 Å². The van der Waals surface area contributed by atoms with Crippen LogP contribution < -0.4 is 9.04 Å². The number of ether oxygens (including phenoxy) is 2. The van der Waals surface area contributed by atoms with Crippen molar-refractivity contribution in [3.63, 3.8) is 0 Å². The third-order valence-electron chi connectivity index (χ3n) is 3.87. The van der Waals surface area contributed by atoms with E-state index in [-0.39, 0.29) is 33.2 Å². The van der Waals surface area contributed by atoms with E-state index in [0.717, 1.165) is 24.6 Å². The molecule has 164 valence electrons. The molecule has 0 saturated heterocycles. The van der Waals surface area contributed by atoms with Crippen LogP contribution >= 0.6 is 11.6 Å². The van der Waals surface area contributed by atoms with Crippen molar-refractivity contribution in [3.8, 4) is 6.01 Å². The van der Waals surface area contributed by atoms with Crippen LogP contribution in [0.4, 0.5) is 10.1 Å². The summed E-state index contributed by atoms with van der Waals surface area (Å²) in [6.07, 6.45) is 0. The second kappa shape index (κ2) is 8.43. The van der Waals surface area contributed by atoms with E-state index in [0.29, 0.717) is 0 Å². The van der Waals surface area contributed by atoms with E-state index >= 15 is 0 Å². The molecule has 14 heteroatoms. The molecular formula is C17H15ClFN5O6S. The van der Waals surface area contributed by atoms with Gasteiger partial charge in [0.05, 0.1) is 30.0 Å². The van der Waals surface area contributed by atoms with Gasteiger partial charge in [-0.1, -0.05) is 17.7 Å². The van der Waals surface area contributed by atoms with Gasteiger partial charge in [-0.3, -0.25) is 4.79 Å². The smallest absolute Gasteiger partial charge is 0.340 e. The third-order valence-corrected chi connectivity index (χ3v) is 5.73.